The summed E-state index contributed by atoms with van der Waals surface area (Å²) in [6, 6.07) is 49.3. The predicted octanol–water partition coefficient (Wildman–Crippen LogP) is 10.5. The molecule has 0 spiro atoms. The molecule has 244 valence electrons. The lowest BCUT2D eigenvalue weighted by Gasteiger charge is -2.27. The first-order valence-electron chi connectivity index (χ1n) is 17.0. The third kappa shape index (κ3) is 5.25. The fourth-order valence-corrected chi connectivity index (χ4v) is 7.26. The largest absolute Gasteiger partial charge is 0.468 e. The van der Waals surface area contributed by atoms with E-state index >= 15 is 0 Å². The smallest absolute Gasteiger partial charge is 0.320 e. The highest BCUT2D eigenvalue weighted by Crippen LogP contribution is 2.45. The van der Waals surface area contributed by atoms with Crippen LogP contribution in [0.1, 0.15) is 28.7 Å². The van der Waals surface area contributed by atoms with Crippen LogP contribution in [0.4, 0.5) is 0 Å². The molecule has 10 rings (SSSR count). The lowest BCUT2D eigenvalue weighted by atomic mass is 9.84. The number of ether oxygens (including phenoxy) is 1. The van der Waals surface area contributed by atoms with Crippen molar-refractivity contribution in [3.63, 3.8) is 0 Å². The average molecular weight is 661 g/mol. The van der Waals surface area contributed by atoms with Gasteiger partial charge in [0.25, 0.3) is 0 Å². The fourth-order valence-electron chi connectivity index (χ4n) is 7.26. The number of hydrogen-bond acceptors (Lipinski definition) is 4. The topological polar surface area (TPSA) is 83.7 Å². The number of aromatic nitrogens is 4. The summed E-state index contributed by atoms with van der Waals surface area (Å²) < 4.78 is 5.49. The lowest BCUT2D eigenvalue weighted by molar-refractivity contribution is -0.141. The number of nitrogens with zero attached hydrogens (tertiary/aromatic N) is 2. The number of carbonyl (C=O) groups is 1. The Morgan fingerprint density at radius 2 is 0.843 bits per heavy atom. The average Bonchev–Trinajstić information content (AvgIpc) is 3.96. The van der Waals surface area contributed by atoms with Gasteiger partial charge in [-0.2, -0.15) is 0 Å². The molecule has 1 unspecified atom stereocenters. The second-order valence-corrected chi connectivity index (χ2v) is 12.6. The molecule has 6 heteroatoms. The van der Waals surface area contributed by atoms with Crippen molar-refractivity contribution in [3.8, 4) is 44.5 Å². The number of rotatable bonds is 5. The summed E-state index contributed by atoms with van der Waals surface area (Å²) in [5.74, 6) is -1.11. The molecule has 0 saturated carbocycles. The third-order valence-corrected chi connectivity index (χ3v) is 9.59. The predicted molar refractivity (Wildman–Crippen MR) is 206 cm³/mol. The number of benzene rings is 4. The van der Waals surface area contributed by atoms with Gasteiger partial charge in [0.05, 0.1) is 29.9 Å². The highest BCUT2D eigenvalue weighted by atomic mass is 16.5. The first-order valence-corrected chi connectivity index (χ1v) is 17.0. The van der Waals surface area contributed by atoms with Crippen molar-refractivity contribution in [3.05, 3.63) is 168 Å². The van der Waals surface area contributed by atoms with Crippen molar-refractivity contribution in [1.82, 2.24) is 19.9 Å². The van der Waals surface area contributed by atoms with Gasteiger partial charge in [0.2, 0.25) is 0 Å². The molecule has 0 amide bonds. The molecule has 1 atom stereocenters. The zero-order valence-electron chi connectivity index (χ0n) is 27.8. The molecule has 8 bridgehead atoms. The summed E-state index contributed by atoms with van der Waals surface area (Å²) in [6.07, 6.45) is 4.08. The summed E-state index contributed by atoms with van der Waals surface area (Å²) >= 11 is 0. The molecule has 0 fully saturated rings. The van der Waals surface area contributed by atoms with Crippen LogP contribution in [0.25, 0.3) is 78.7 Å². The Morgan fingerprint density at radius 1 is 0.471 bits per heavy atom. The van der Waals surface area contributed by atoms with E-state index in [4.69, 9.17) is 14.7 Å². The highest BCUT2D eigenvalue weighted by molar-refractivity contribution is 6.00. The number of methoxy groups -OCH3 is 1. The molecule has 0 saturated heterocycles. The number of esters is 1. The highest BCUT2D eigenvalue weighted by Gasteiger charge is 2.39. The maximum absolute atomic E-state index is 13.9. The Morgan fingerprint density at radius 3 is 1.33 bits per heavy atom. The second-order valence-electron chi connectivity index (χ2n) is 12.6. The number of hydrogen-bond donors (Lipinski definition) is 2. The Kier molecular flexibility index (Phi) is 7.47. The lowest BCUT2D eigenvalue weighted by Crippen LogP contribution is -2.27. The molecule has 51 heavy (non-hydrogen) atoms. The van der Waals surface area contributed by atoms with Crippen molar-refractivity contribution in [2.45, 2.75) is 5.92 Å². The van der Waals surface area contributed by atoms with Crippen LogP contribution in [-0.2, 0) is 9.53 Å². The normalized spacial score (nSPS) is 13.4. The van der Waals surface area contributed by atoms with Gasteiger partial charge < -0.3 is 14.7 Å². The van der Waals surface area contributed by atoms with E-state index < -0.39 is 5.92 Å². The summed E-state index contributed by atoms with van der Waals surface area (Å²) in [5, 5.41) is 0. The number of nitrogens with one attached hydrogen (secondary N) is 2. The van der Waals surface area contributed by atoms with Crippen molar-refractivity contribution in [1.29, 1.82) is 0 Å². The van der Waals surface area contributed by atoms with Crippen LogP contribution in [0.15, 0.2) is 146 Å². The minimum atomic E-state index is -0.737. The van der Waals surface area contributed by atoms with Crippen LogP contribution in [0.3, 0.4) is 0 Å². The quantitative estimate of drug-likeness (QED) is 0.180. The van der Waals surface area contributed by atoms with E-state index in [0.29, 0.717) is 11.4 Å². The van der Waals surface area contributed by atoms with E-state index in [2.05, 4.69) is 88.8 Å². The van der Waals surface area contributed by atoms with Gasteiger partial charge in [-0.1, -0.05) is 121 Å². The van der Waals surface area contributed by atoms with Crippen LogP contribution >= 0.6 is 0 Å². The molecule has 4 aromatic carbocycles. The van der Waals surface area contributed by atoms with Gasteiger partial charge in [-0.05, 0) is 58.7 Å². The minimum absolute atomic E-state index is 0.373. The molecule has 3 aromatic heterocycles. The van der Waals surface area contributed by atoms with Gasteiger partial charge >= 0.3 is 5.97 Å². The van der Waals surface area contributed by atoms with Crippen molar-refractivity contribution in [2.24, 2.45) is 0 Å². The molecule has 7 aromatic rings. The van der Waals surface area contributed by atoms with Gasteiger partial charge in [-0.3, -0.25) is 9.78 Å². The molecule has 0 radical (unpaired) electrons. The molecule has 6 nitrogen and oxygen atoms in total. The van der Waals surface area contributed by atoms with E-state index in [1.807, 2.05) is 78.9 Å². The maximum Gasteiger partial charge on any atom is 0.320 e. The van der Waals surface area contributed by atoms with Gasteiger partial charge in [0.15, 0.2) is 0 Å². The minimum Gasteiger partial charge on any atom is -0.468 e. The summed E-state index contributed by atoms with van der Waals surface area (Å²) in [7, 11) is 1.43. The van der Waals surface area contributed by atoms with Crippen molar-refractivity contribution in [2.75, 3.05) is 7.11 Å². The number of aromatic amines is 2. The third-order valence-electron chi connectivity index (χ3n) is 9.59. The molecule has 3 aliphatic heterocycles. The Labute approximate surface area is 294 Å². The Bertz CT molecular complexity index is 2620. The summed E-state index contributed by atoms with van der Waals surface area (Å²) in [5.41, 5.74) is 14.1. The number of H-pyrrole nitrogens is 2. The second kappa shape index (κ2) is 12.6. The maximum atomic E-state index is 13.9. The molecule has 0 aliphatic carbocycles. The monoisotopic (exact) mass is 660 g/mol. The molecular formula is C45H32N4O2. The van der Waals surface area contributed by atoms with E-state index in [1.165, 1.54) is 7.11 Å². The van der Waals surface area contributed by atoms with Crippen molar-refractivity contribution < 1.29 is 9.53 Å². The fraction of sp³-hybridized carbons (Fsp3) is 0.0444. The van der Waals surface area contributed by atoms with Crippen LogP contribution in [0, 0.1) is 0 Å². The van der Waals surface area contributed by atoms with E-state index in [-0.39, 0.29) is 5.97 Å². The Balaban J connectivity index is 1.50. The zero-order chi connectivity index (χ0) is 34.3. The van der Waals surface area contributed by atoms with E-state index in [1.54, 1.807) is 0 Å². The van der Waals surface area contributed by atoms with Crippen LogP contribution in [-0.4, -0.2) is 33.0 Å². The molecule has 6 heterocycles. The van der Waals surface area contributed by atoms with E-state index in [0.717, 1.165) is 78.0 Å². The van der Waals surface area contributed by atoms with Crippen LogP contribution in [0.5, 0.6) is 0 Å². The molecule has 2 N–H and O–H groups in total. The molecule has 3 aliphatic rings. The standard InChI is InChI=1S/C45H32N4O2/c1-51-45(50)42-43-40(30-18-10-4-11-19-30)36-26-24-34(47-36)38(28-14-6-2-7-15-28)32-22-23-33(46-32)39(29-16-8-3-9-17-29)35-25-27-37(48-35)41(44(42)49-43)31-20-12-5-13-21-31/h2-27,42,46-47H,1H3. The number of carbonyl (C=O) groups excluding carboxylic acids is 1. The van der Waals surface area contributed by atoms with Gasteiger partial charge in [0, 0.05) is 44.3 Å². The van der Waals surface area contributed by atoms with Gasteiger partial charge in [-0.25, -0.2) is 4.98 Å². The van der Waals surface area contributed by atoms with Crippen LogP contribution in [0.2, 0.25) is 0 Å². The summed E-state index contributed by atoms with van der Waals surface area (Å²) in [6.45, 7) is 0. The SMILES string of the molecule is COC(=O)C1c2nc1c(-c1ccccc1)c1ccc([nH]1)c(-c1ccccc1)c1ccc([nH]1)c(-c1ccccc1)c1nc(c2-c2ccccc2)C=C1. The first-order chi connectivity index (χ1) is 25.2. The molecular weight excluding hydrogens is 629 g/mol. The van der Waals surface area contributed by atoms with Crippen molar-refractivity contribution >= 4 is 40.2 Å². The summed E-state index contributed by atoms with van der Waals surface area (Å²) in [4.78, 5) is 31.9. The Hall–Kier alpha value is -6.79. The van der Waals surface area contributed by atoms with Crippen LogP contribution < -0.4 is 0 Å². The van der Waals surface area contributed by atoms with Gasteiger partial charge in [-0.15, -0.1) is 0 Å². The van der Waals surface area contributed by atoms with Gasteiger partial charge in [0.1, 0.15) is 5.92 Å². The zero-order valence-corrected chi connectivity index (χ0v) is 27.8. The van der Waals surface area contributed by atoms with E-state index in [9.17, 15) is 4.79 Å². The first kappa shape index (κ1) is 30.3.